The van der Waals surface area contributed by atoms with Gasteiger partial charge in [-0.3, -0.25) is 19.4 Å². The number of piperazine rings is 2. The molecule has 0 bridgehead atoms. The Hall–Kier alpha value is -5.57. The van der Waals surface area contributed by atoms with E-state index in [2.05, 4.69) is 101 Å². The summed E-state index contributed by atoms with van der Waals surface area (Å²) in [7, 11) is 0. The molecule has 2 amide bonds. The molecule has 0 radical (unpaired) electrons. The van der Waals surface area contributed by atoms with Crippen molar-refractivity contribution in [3.8, 4) is 6.07 Å². The molecule has 7 rings (SSSR count). The van der Waals surface area contributed by atoms with Crippen LogP contribution in [0.2, 0.25) is 0 Å². The van der Waals surface area contributed by atoms with Gasteiger partial charge in [-0.25, -0.2) is 9.97 Å². The molecule has 59 heavy (non-hydrogen) atoms. The summed E-state index contributed by atoms with van der Waals surface area (Å²) in [5.74, 6) is 0.330. The normalized spacial score (nSPS) is 17.5. The Morgan fingerprint density at radius 3 is 1.81 bits per heavy atom. The summed E-state index contributed by atoms with van der Waals surface area (Å²) in [6.45, 7) is 17.3. The fourth-order valence-electron chi connectivity index (χ4n) is 8.25. The first kappa shape index (κ1) is 43.0. The molecule has 3 aromatic carbocycles. The van der Waals surface area contributed by atoms with E-state index in [1.165, 1.54) is 35.1 Å². The van der Waals surface area contributed by atoms with Crippen molar-refractivity contribution in [3.05, 3.63) is 130 Å². The van der Waals surface area contributed by atoms with Crippen LogP contribution in [0.1, 0.15) is 97.1 Å². The number of hydrogen-bond donors (Lipinski definition) is 1. The quantitative estimate of drug-likeness (QED) is 0.120. The lowest BCUT2D eigenvalue weighted by Gasteiger charge is -2.41. The van der Waals surface area contributed by atoms with Gasteiger partial charge in [-0.2, -0.15) is 5.26 Å². The van der Waals surface area contributed by atoms with Crippen LogP contribution < -0.4 is 9.80 Å². The summed E-state index contributed by atoms with van der Waals surface area (Å²) >= 11 is 0. The zero-order chi connectivity index (χ0) is 41.9. The average molecular weight is 796 g/mol. The number of nitriles is 1. The van der Waals surface area contributed by atoms with E-state index in [1.807, 2.05) is 64.9 Å². The first-order valence-corrected chi connectivity index (χ1v) is 21.3. The third-order valence-corrected chi connectivity index (χ3v) is 12.1. The second-order valence-corrected chi connectivity index (χ2v) is 16.2. The number of benzene rings is 3. The number of anilines is 2. The fourth-order valence-corrected chi connectivity index (χ4v) is 8.25. The van der Waals surface area contributed by atoms with Gasteiger partial charge in [0.05, 0.1) is 48.8 Å². The lowest BCUT2D eigenvalue weighted by atomic mass is 10.0. The number of unbranched alkanes of at least 4 members (excludes halogenated alkanes) is 2. The molecule has 2 atom stereocenters. The number of carbonyl (C=O) groups is 2. The van der Waals surface area contributed by atoms with Crippen molar-refractivity contribution in [1.29, 1.82) is 5.26 Å². The van der Waals surface area contributed by atoms with Crippen molar-refractivity contribution in [2.24, 2.45) is 0 Å². The van der Waals surface area contributed by atoms with Crippen molar-refractivity contribution in [2.75, 3.05) is 36.0 Å². The van der Waals surface area contributed by atoms with Crippen LogP contribution in [0.4, 0.5) is 11.4 Å². The first-order chi connectivity index (χ1) is 28.6. The molecule has 2 aliphatic rings. The third-order valence-electron chi connectivity index (χ3n) is 12.1. The molecule has 2 aromatic heterocycles. The summed E-state index contributed by atoms with van der Waals surface area (Å²) in [4.78, 5) is 46.5. The van der Waals surface area contributed by atoms with E-state index < -0.39 is 0 Å². The van der Waals surface area contributed by atoms with Crippen LogP contribution in [0.3, 0.4) is 0 Å². The number of carbonyl (C=O) groups excluding carboxylic acids is 2. The van der Waals surface area contributed by atoms with Gasteiger partial charge in [0.2, 0.25) is 11.8 Å². The number of aryl methyl sites for hydroxylation is 2. The second-order valence-electron chi connectivity index (χ2n) is 16.2. The summed E-state index contributed by atoms with van der Waals surface area (Å²) in [6.07, 6.45) is 14.2. The van der Waals surface area contributed by atoms with Crippen LogP contribution in [0.5, 0.6) is 0 Å². The highest BCUT2D eigenvalue weighted by molar-refractivity contribution is 5.97. The molecular formula is C48H61N9O2. The molecule has 0 spiro atoms. The number of aromatic amines is 1. The molecule has 11 heteroatoms. The number of imidazole rings is 2. The zero-order valence-corrected chi connectivity index (χ0v) is 35.8. The standard InChI is InChI=1S/C28H33N5O.C20H28N4O/c1-4-5-8-25-18-33(27-9-6-7-21(2)22(27)3)28(34)19-31(25)17-26-15-30-20-32(26)16-24-12-10-23(14-29)11-13-24;1-4-5-8-18-12-24(19-9-6-7-15(2)16(19)3)20(25)13-23(18)11-17-10-21-14-22-17/h6-7,9-13,15,20,25H,4-5,8,16-19H2,1-3H3;6-7,9-10,14,18H,4-5,8,11-13H2,1-3H3,(H,21,22)/t25-;18-/m00/s1. The predicted molar refractivity (Wildman–Crippen MR) is 235 cm³/mol. The summed E-state index contributed by atoms with van der Waals surface area (Å²) in [5, 5.41) is 9.04. The van der Waals surface area contributed by atoms with E-state index in [0.717, 1.165) is 67.1 Å². The number of nitrogens with zero attached hydrogens (tertiary/aromatic N) is 8. The SMILES string of the molecule is CCCC[C@H]1CN(c2cccc(C)c2C)C(=O)CN1Cc1c[nH]cn1.CCCC[C@H]1CN(c2cccc(C)c2C)C(=O)CN1Cc1cncn1Cc1ccc(C#N)cc1. The number of H-pyrrole nitrogens is 1. The molecule has 4 heterocycles. The number of rotatable bonds is 14. The van der Waals surface area contributed by atoms with Crippen LogP contribution in [0, 0.1) is 39.0 Å². The zero-order valence-electron chi connectivity index (χ0n) is 35.8. The maximum Gasteiger partial charge on any atom is 0.241 e. The molecule has 0 saturated carbocycles. The van der Waals surface area contributed by atoms with Crippen molar-refractivity contribution in [2.45, 2.75) is 112 Å². The van der Waals surface area contributed by atoms with Gasteiger partial charge in [-0.05, 0) is 92.6 Å². The van der Waals surface area contributed by atoms with Crippen LogP contribution in [0.15, 0.2) is 85.7 Å². The predicted octanol–water partition coefficient (Wildman–Crippen LogP) is 8.26. The minimum absolute atomic E-state index is 0.152. The van der Waals surface area contributed by atoms with Crippen LogP contribution in [-0.4, -0.2) is 79.4 Å². The molecular weight excluding hydrogens is 735 g/mol. The monoisotopic (exact) mass is 795 g/mol. The highest BCUT2D eigenvalue weighted by atomic mass is 16.2. The molecule has 310 valence electrons. The lowest BCUT2D eigenvalue weighted by Crippen LogP contribution is -2.56. The van der Waals surface area contributed by atoms with Crippen LogP contribution in [0.25, 0.3) is 0 Å². The van der Waals surface area contributed by atoms with E-state index >= 15 is 0 Å². The molecule has 2 fully saturated rings. The fraction of sp³-hybridized carbons (Fsp3) is 0.438. The van der Waals surface area contributed by atoms with Crippen molar-refractivity contribution in [3.63, 3.8) is 0 Å². The van der Waals surface area contributed by atoms with Crippen molar-refractivity contribution in [1.82, 2.24) is 29.3 Å². The maximum atomic E-state index is 13.3. The molecule has 0 unspecified atom stereocenters. The molecule has 2 aliphatic heterocycles. The van der Waals surface area contributed by atoms with E-state index in [9.17, 15) is 9.59 Å². The van der Waals surface area contributed by atoms with Gasteiger partial charge in [-0.1, -0.05) is 75.9 Å². The maximum absolute atomic E-state index is 13.3. The smallest absolute Gasteiger partial charge is 0.241 e. The van der Waals surface area contributed by atoms with Gasteiger partial charge < -0.3 is 19.4 Å². The molecule has 1 N–H and O–H groups in total. The Kier molecular flexibility index (Phi) is 14.9. The van der Waals surface area contributed by atoms with Gasteiger partial charge in [0.25, 0.3) is 0 Å². The van der Waals surface area contributed by atoms with Crippen LogP contribution >= 0.6 is 0 Å². The minimum Gasteiger partial charge on any atom is -0.351 e. The summed E-state index contributed by atoms with van der Waals surface area (Å²) in [5.41, 5.74) is 10.8. The Labute approximate surface area is 350 Å². The third kappa shape index (κ3) is 10.7. The summed E-state index contributed by atoms with van der Waals surface area (Å²) in [6, 6.07) is 22.9. The van der Waals surface area contributed by atoms with Crippen molar-refractivity contribution < 1.29 is 9.59 Å². The Morgan fingerprint density at radius 2 is 1.31 bits per heavy atom. The first-order valence-electron chi connectivity index (χ1n) is 21.3. The minimum atomic E-state index is 0.152. The van der Waals surface area contributed by atoms with E-state index in [-0.39, 0.29) is 11.8 Å². The highest BCUT2D eigenvalue weighted by Crippen LogP contribution is 2.30. The lowest BCUT2D eigenvalue weighted by molar-refractivity contribution is -0.123. The van der Waals surface area contributed by atoms with Gasteiger partial charge in [0, 0.05) is 68.6 Å². The average Bonchev–Trinajstić information content (AvgIpc) is 3.92. The molecule has 0 aliphatic carbocycles. The van der Waals surface area contributed by atoms with Gasteiger partial charge in [0.1, 0.15) is 0 Å². The van der Waals surface area contributed by atoms with E-state index in [0.29, 0.717) is 50.4 Å². The molecule has 2 saturated heterocycles. The van der Waals surface area contributed by atoms with Gasteiger partial charge in [-0.15, -0.1) is 0 Å². The van der Waals surface area contributed by atoms with Crippen molar-refractivity contribution >= 4 is 23.2 Å². The van der Waals surface area contributed by atoms with E-state index in [1.54, 1.807) is 6.33 Å². The Bertz CT molecular complexity index is 2190. The van der Waals surface area contributed by atoms with Crippen LogP contribution in [-0.2, 0) is 29.2 Å². The topological polar surface area (TPSA) is 117 Å². The van der Waals surface area contributed by atoms with E-state index in [4.69, 9.17) is 5.26 Å². The van der Waals surface area contributed by atoms with Gasteiger partial charge in [0.15, 0.2) is 0 Å². The summed E-state index contributed by atoms with van der Waals surface area (Å²) < 4.78 is 2.14. The Balaban J connectivity index is 0.000000208. The molecule has 11 nitrogen and oxygen atoms in total. The Morgan fingerprint density at radius 1 is 0.746 bits per heavy atom. The largest absolute Gasteiger partial charge is 0.351 e. The van der Waals surface area contributed by atoms with Gasteiger partial charge >= 0.3 is 0 Å². The number of nitrogens with one attached hydrogen (secondary N) is 1. The number of hydrogen-bond acceptors (Lipinski definition) is 7. The number of aromatic nitrogens is 4. The highest BCUT2D eigenvalue weighted by Gasteiger charge is 2.35. The number of amides is 2. The molecule has 5 aromatic rings. The second kappa shape index (κ2) is 20.4.